The topological polar surface area (TPSA) is 104 Å². The van der Waals surface area contributed by atoms with Gasteiger partial charge in [0.15, 0.2) is 0 Å². The average molecular weight is 548 g/mol. The molecule has 0 saturated carbocycles. The predicted molar refractivity (Wildman–Crippen MR) is 150 cm³/mol. The predicted octanol–water partition coefficient (Wildman–Crippen LogP) is 6.19. The van der Waals surface area contributed by atoms with Crippen LogP contribution in [0, 0.1) is 6.92 Å². The minimum Gasteiger partial charge on any atom is -0.345 e. The molecular formula is C29H26ClN3O4S. The molecule has 0 bridgehead atoms. The highest BCUT2D eigenvalue weighted by molar-refractivity contribution is 7.92. The molecule has 194 valence electrons. The van der Waals surface area contributed by atoms with Gasteiger partial charge in [-0.3, -0.25) is 14.3 Å². The van der Waals surface area contributed by atoms with Crippen LogP contribution in [-0.2, 0) is 10.0 Å². The van der Waals surface area contributed by atoms with Crippen LogP contribution in [0.3, 0.4) is 0 Å². The third-order valence-corrected chi connectivity index (χ3v) is 7.57. The van der Waals surface area contributed by atoms with E-state index in [-0.39, 0.29) is 33.1 Å². The number of carbonyl (C=O) groups excluding carboxylic acids is 2. The highest BCUT2D eigenvalue weighted by Crippen LogP contribution is 2.25. The lowest BCUT2D eigenvalue weighted by molar-refractivity contribution is 0.0940. The molecule has 0 aliphatic rings. The zero-order valence-corrected chi connectivity index (χ0v) is 22.3. The third kappa shape index (κ3) is 6.40. The molecule has 0 saturated heterocycles. The van der Waals surface area contributed by atoms with Crippen molar-refractivity contribution in [2.24, 2.45) is 0 Å². The maximum absolute atomic E-state index is 13.0. The molecule has 0 aliphatic carbocycles. The van der Waals surface area contributed by atoms with E-state index in [4.69, 9.17) is 11.6 Å². The maximum Gasteiger partial charge on any atom is 0.261 e. The molecule has 0 aromatic heterocycles. The van der Waals surface area contributed by atoms with E-state index < -0.39 is 15.9 Å². The molecule has 4 rings (SSSR count). The van der Waals surface area contributed by atoms with Crippen molar-refractivity contribution in [1.29, 1.82) is 0 Å². The Labute approximate surface area is 226 Å². The van der Waals surface area contributed by atoms with E-state index in [1.165, 1.54) is 30.3 Å². The summed E-state index contributed by atoms with van der Waals surface area (Å²) in [5, 5.41) is 5.73. The van der Waals surface area contributed by atoms with Gasteiger partial charge in [-0.15, -0.1) is 0 Å². The second-order valence-corrected chi connectivity index (χ2v) is 10.8. The van der Waals surface area contributed by atoms with Crippen LogP contribution in [0.5, 0.6) is 0 Å². The molecule has 7 nitrogen and oxygen atoms in total. The van der Waals surface area contributed by atoms with Gasteiger partial charge in [0.1, 0.15) is 0 Å². The number of sulfonamides is 1. The summed E-state index contributed by atoms with van der Waals surface area (Å²) in [6, 6.07) is 26.6. The highest BCUT2D eigenvalue weighted by atomic mass is 35.5. The first kappa shape index (κ1) is 26.9. The van der Waals surface area contributed by atoms with E-state index in [0.29, 0.717) is 11.3 Å². The lowest BCUT2D eigenvalue weighted by atomic mass is 10.1. The Morgan fingerprint density at radius 1 is 0.789 bits per heavy atom. The second-order valence-electron chi connectivity index (χ2n) is 8.72. The van der Waals surface area contributed by atoms with Crippen LogP contribution >= 0.6 is 11.6 Å². The van der Waals surface area contributed by atoms with Crippen molar-refractivity contribution < 1.29 is 18.0 Å². The summed E-state index contributed by atoms with van der Waals surface area (Å²) < 4.78 is 27.8. The summed E-state index contributed by atoms with van der Waals surface area (Å²) in [7, 11) is -3.83. The van der Waals surface area contributed by atoms with Crippen molar-refractivity contribution >= 4 is 44.8 Å². The van der Waals surface area contributed by atoms with Crippen LogP contribution in [-0.4, -0.2) is 20.2 Å². The minimum atomic E-state index is -3.83. The van der Waals surface area contributed by atoms with Crippen molar-refractivity contribution in [1.82, 2.24) is 5.32 Å². The van der Waals surface area contributed by atoms with Gasteiger partial charge in [0.05, 0.1) is 38.5 Å². The van der Waals surface area contributed by atoms with Crippen LogP contribution in [0.25, 0.3) is 0 Å². The van der Waals surface area contributed by atoms with Crippen LogP contribution in [0.1, 0.15) is 44.8 Å². The van der Waals surface area contributed by atoms with Gasteiger partial charge in [0.2, 0.25) is 0 Å². The average Bonchev–Trinajstić information content (AvgIpc) is 2.89. The van der Waals surface area contributed by atoms with Crippen molar-refractivity contribution in [2.75, 3.05) is 10.0 Å². The lowest BCUT2D eigenvalue weighted by Gasteiger charge is -2.17. The Morgan fingerprint density at radius 3 is 2.13 bits per heavy atom. The molecule has 3 N–H and O–H groups in total. The zero-order valence-electron chi connectivity index (χ0n) is 20.7. The Hall–Kier alpha value is -4.14. The number of aryl methyl sites for hydroxylation is 1. The number of carbonyl (C=O) groups is 2. The summed E-state index contributed by atoms with van der Waals surface area (Å²) >= 11 is 6.35. The first-order valence-electron chi connectivity index (χ1n) is 11.8. The quantitative estimate of drug-likeness (QED) is 0.244. The van der Waals surface area contributed by atoms with Crippen molar-refractivity contribution in [3.8, 4) is 0 Å². The Kier molecular flexibility index (Phi) is 8.14. The number of hydrogen-bond donors (Lipinski definition) is 3. The van der Waals surface area contributed by atoms with E-state index in [1.807, 2.05) is 44.2 Å². The number of benzene rings is 4. The fourth-order valence-electron chi connectivity index (χ4n) is 3.77. The van der Waals surface area contributed by atoms with Gasteiger partial charge in [-0.25, -0.2) is 8.42 Å². The number of hydrogen-bond acceptors (Lipinski definition) is 4. The number of halogens is 1. The van der Waals surface area contributed by atoms with E-state index in [9.17, 15) is 18.0 Å². The van der Waals surface area contributed by atoms with E-state index >= 15 is 0 Å². The summed E-state index contributed by atoms with van der Waals surface area (Å²) in [6.45, 7) is 3.74. The van der Waals surface area contributed by atoms with Crippen LogP contribution < -0.4 is 15.4 Å². The molecule has 0 aliphatic heterocycles. The normalized spacial score (nSPS) is 11.9. The van der Waals surface area contributed by atoms with Gasteiger partial charge >= 0.3 is 0 Å². The van der Waals surface area contributed by atoms with E-state index in [2.05, 4.69) is 15.4 Å². The number of nitrogens with one attached hydrogen (secondary N) is 3. The molecule has 4 aromatic carbocycles. The standard InChI is InChI=1S/C29H26ClN3O4S/c1-19-12-15-23(16-13-19)38(36,37)33-22-14-17-24(26(30)18-22)28(34)32-27-11-7-6-10-25(27)29(35)31-20(2)21-8-4-3-5-9-21/h3-18,20,33H,1-2H3,(H,31,35)(H,32,34)/t20-/m0/s1. The fraction of sp³-hybridized carbons (Fsp3) is 0.103. The molecule has 0 unspecified atom stereocenters. The Bertz CT molecular complexity index is 1570. The molecule has 4 aromatic rings. The van der Waals surface area contributed by atoms with Gasteiger partial charge in [0.25, 0.3) is 21.8 Å². The van der Waals surface area contributed by atoms with E-state index in [1.54, 1.807) is 36.4 Å². The Morgan fingerprint density at radius 2 is 1.45 bits per heavy atom. The summed E-state index contributed by atoms with van der Waals surface area (Å²) in [5.41, 5.74) is 2.83. The Balaban J connectivity index is 1.48. The molecular weight excluding hydrogens is 522 g/mol. The van der Waals surface area contributed by atoms with Gasteiger partial charge in [-0.2, -0.15) is 0 Å². The van der Waals surface area contributed by atoms with Crippen molar-refractivity contribution in [2.45, 2.75) is 24.8 Å². The SMILES string of the molecule is Cc1ccc(S(=O)(=O)Nc2ccc(C(=O)Nc3ccccc3C(=O)N[C@@H](C)c3ccccc3)c(Cl)c2)cc1. The fourth-order valence-corrected chi connectivity index (χ4v) is 5.09. The molecule has 2 amide bonds. The summed E-state index contributed by atoms with van der Waals surface area (Å²) in [5.74, 6) is -0.886. The number of rotatable bonds is 8. The largest absolute Gasteiger partial charge is 0.345 e. The van der Waals surface area contributed by atoms with Crippen LogP contribution in [0.2, 0.25) is 5.02 Å². The van der Waals surface area contributed by atoms with Gasteiger partial charge in [-0.1, -0.05) is 71.8 Å². The van der Waals surface area contributed by atoms with Crippen LogP contribution in [0.15, 0.2) is 102 Å². The summed E-state index contributed by atoms with van der Waals surface area (Å²) in [6.07, 6.45) is 0. The molecule has 38 heavy (non-hydrogen) atoms. The lowest BCUT2D eigenvalue weighted by Crippen LogP contribution is -2.28. The number of amides is 2. The molecule has 9 heteroatoms. The maximum atomic E-state index is 13.0. The van der Waals surface area contributed by atoms with Gasteiger partial charge < -0.3 is 10.6 Å². The number of anilines is 2. The minimum absolute atomic E-state index is 0.0474. The van der Waals surface area contributed by atoms with Gasteiger partial charge in [-0.05, 0) is 61.9 Å². The third-order valence-electron chi connectivity index (χ3n) is 5.86. The first-order chi connectivity index (χ1) is 18.1. The van der Waals surface area contributed by atoms with Gasteiger partial charge in [0, 0.05) is 0 Å². The number of para-hydroxylation sites is 1. The molecule has 0 radical (unpaired) electrons. The monoisotopic (exact) mass is 547 g/mol. The molecule has 0 heterocycles. The smallest absolute Gasteiger partial charge is 0.261 e. The highest BCUT2D eigenvalue weighted by Gasteiger charge is 2.19. The molecule has 0 spiro atoms. The van der Waals surface area contributed by atoms with Crippen LogP contribution in [0.4, 0.5) is 11.4 Å². The second kappa shape index (κ2) is 11.5. The van der Waals surface area contributed by atoms with Crippen molar-refractivity contribution in [3.05, 3.63) is 124 Å². The molecule has 0 fully saturated rings. The summed E-state index contributed by atoms with van der Waals surface area (Å²) in [4.78, 5) is 26.1. The van der Waals surface area contributed by atoms with Crippen molar-refractivity contribution in [3.63, 3.8) is 0 Å². The zero-order chi connectivity index (χ0) is 27.3. The first-order valence-corrected chi connectivity index (χ1v) is 13.7. The molecule has 1 atom stereocenters. The van der Waals surface area contributed by atoms with E-state index in [0.717, 1.165) is 11.1 Å².